The molecule has 0 unspecified atom stereocenters. The van der Waals surface area contributed by atoms with Gasteiger partial charge in [-0.1, -0.05) is 17.7 Å². The zero-order valence-electron chi connectivity index (χ0n) is 18.3. The van der Waals surface area contributed by atoms with Crippen LogP contribution in [-0.4, -0.2) is 36.8 Å². The van der Waals surface area contributed by atoms with Gasteiger partial charge in [-0.15, -0.1) is 0 Å². The fourth-order valence-electron chi connectivity index (χ4n) is 3.24. The summed E-state index contributed by atoms with van der Waals surface area (Å²) in [4.78, 5) is 10.3. The lowest BCUT2D eigenvalue weighted by atomic mass is 9.99. The fraction of sp³-hybridized carbons (Fsp3) is 0.182. The summed E-state index contributed by atoms with van der Waals surface area (Å²) in [7, 11) is -4.02. The van der Waals surface area contributed by atoms with E-state index in [0.29, 0.717) is 34.7 Å². The van der Waals surface area contributed by atoms with Gasteiger partial charge in [-0.25, -0.2) is 5.01 Å². The Balaban J connectivity index is 0.000000248. The van der Waals surface area contributed by atoms with E-state index in [0.717, 1.165) is 5.56 Å². The van der Waals surface area contributed by atoms with Crippen molar-refractivity contribution in [1.29, 1.82) is 5.26 Å². The van der Waals surface area contributed by atoms with Crippen molar-refractivity contribution in [2.75, 3.05) is 18.2 Å². The van der Waals surface area contributed by atoms with Crippen molar-refractivity contribution >= 4 is 27.2 Å². The summed E-state index contributed by atoms with van der Waals surface area (Å²) >= 11 is 0. The molecule has 2 aromatic rings. The van der Waals surface area contributed by atoms with Gasteiger partial charge in [0, 0.05) is 17.7 Å². The first-order valence-corrected chi connectivity index (χ1v) is 11.3. The van der Waals surface area contributed by atoms with E-state index in [1.54, 1.807) is 31.2 Å². The Bertz CT molecular complexity index is 1370. The molecule has 4 rings (SSSR count). The van der Waals surface area contributed by atoms with Gasteiger partial charge >= 0.3 is 0 Å². The Morgan fingerprint density at radius 2 is 1.91 bits per heavy atom. The summed E-state index contributed by atoms with van der Waals surface area (Å²) in [6, 6.07) is 12.5. The van der Waals surface area contributed by atoms with Crippen molar-refractivity contribution in [2.24, 2.45) is 10.8 Å². The highest BCUT2D eigenvalue weighted by Gasteiger charge is 2.29. The van der Waals surface area contributed by atoms with Crippen molar-refractivity contribution in [3.05, 3.63) is 86.7 Å². The van der Waals surface area contributed by atoms with Gasteiger partial charge in [0.2, 0.25) is 0 Å². The lowest BCUT2D eigenvalue weighted by Crippen LogP contribution is -2.34. The molecule has 0 atom stereocenters. The summed E-state index contributed by atoms with van der Waals surface area (Å²) in [5.74, 6) is 0.196. The summed E-state index contributed by atoms with van der Waals surface area (Å²) < 4.78 is 34.9. The number of nitrogens with two attached hydrogens (primary N) is 1. The van der Waals surface area contributed by atoms with E-state index in [2.05, 4.69) is 11.2 Å². The van der Waals surface area contributed by atoms with E-state index in [-0.39, 0.29) is 23.0 Å². The summed E-state index contributed by atoms with van der Waals surface area (Å²) in [6.07, 6.45) is 1.77. The molecular formula is C22H21N5O6S. The average molecular weight is 484 g/mol. The Labute approximate surface area is 196 Å². The predicted molar refractivity (Wildman–Crippen MR) is 124 cm³/mol. The molecule has 0 aliphatic carbocycles. The maximum Gasteiger partial charge on any atom is 0.294 e. The number of aryl methyl sites for hydroxylation is 2. The average Bonchev–Trinajstić information content (AvgIpc) is 2.79. The van der Waals surface area contributed by atoms with E-state index in [1.165, 1.54) is 29.3 Å². The van der Waals surface area contributed by atoms with Gasteiger partial charge in [0.15, 0.2) is 0 Å². The number of rotatable bonds is 3. The van der Waals surface area contributed by atoms with Crippen LogP contribution in [0.5, 0.6) is 0 Å². The number of ether oxygens (including phenoxy) is 1. The van der Waals surface area contributed by atoms with Crippen molar-refractivity contribution in [2.45, 2.75) is 18.7 Å². The number of nitro benzene ring substituents is 1. The van der Waals surface area contributed by atoms with E-state index < -0.39 is 15.0 Å². The monoisotopic (exact) mass is 483 g/mol. The lowest BCUT2D eigenvalue weighted by molar-refractivity contribution is -0.384. The first-order chi connectivity index (χ1) is 16.0. The number of hydrazone groups is 1. The molecule has 0 saturated carbocycles. The lowest BCUT2D eigenvalue weighted by Gasteiger charge is -2.29. The Morgan fingerprint density at radius 1 is 1.24 bits per heavy atom. The first-order valence-electron chi connectivity index (χ1n) is 9.88. The fourth-order valence-corrected chi connectivity index (χ4v) is 3.72. The second kappa shape index (κ2) is 9.84. The zero-order valence-corrected chi connectivity index (χ0v) is 19.1. The van der Waals surface area contributed by atoms with Gasteiger partial charge in [-0.2, -0.15) is 18.8 Å². The SMILES string of the molecule is Cc1cc([N+](=O)[O-])ccc1N1N=C2COCC=C2C(C#N)=C1N.Cc1ccc(S(=O)(=O)O)cc1. The van der Waals surface area contributed by atoms with E-state index in [9.17, 15) is 23.8 Å². The van der Waals surface area contributed by atoms with Gasteiger partial charge in [-0.05, 0) is 43.7 Å². The van der Waals surface area contributed by atoms with Gasteiger partial charge < -0.3 is 10.5 Å². The highest BCUT2D eigenvalue weighted by Crippen LogP contribution is 2.32. The second-order valence-corrected chi connectivity index (χ2v) is 8.80. The maximum atomic E-state index is 10.9. The molecule has 12 heteroatoms. The van der Waals surface area contributed by atoms with Crippen LogP contribution in [0.4, 0.5) is 11.4 Å². The number of allylic oxidation sites excluding steroid dienone is 1. The molecule has 0 radical (unpaired) electrons. The quantitative estimate of drug-likeness (QED) is 0.378. The molecule has 0 fully saturated rings. The van der Waals surface area contributed by atoms with Crippen LogP contribution < -0.4 is 10.7 Å². The number of fused-ring (bicyclic) bond motifs is 1. The number of nitro groups is 1. The number of hydrogen-bond donors (Lipinski definition) is 2. The molecule has 2 heterocycles. The van der Waals surface area contributed by atoms with Crippen LogP contribution >= 0.6 is 0 Å². The molecule has 3 N–H and O–H groups in total. The second-order valence-electron chi connectivity index (χ2n) is 7.38. The molecule has 2 aliphatic rings. The molecule has 0 saturated heterocycles. The van der Waals surface area contributed by atoms with Crippen LogP contribution in [0.3, 0.4) is 0 Å². The smallest absolute Gasteiger partial charge is 0.294 e. The Kier molecular flexibility index (Phi) is 7.11. The molecule has 0 bridgehead atoms. The van der Waals surface area contributed by atoms with Crippen LogP contribution in [0.15, 0.2) is 75.5 Å². The number of nitrogens with zero attached hydrogens (tertiary/aromatic N) is 4. The third kappa shape index (κ3) is 5.29. The number of nitriles is 1. The third-order valence-electron chi connectivity index (χ3n) is 4.98. The molecule has 2 aliphatic heterocycles. The summed E-state index contributed by atoms with van der Waals surface area (Å²) in [5, 5.41) is 26.1. The van der Waals surface area contributed by atoms with E-state index in [1.807, 2.05) is 6.92 Å². The molecule has 2 aromatic carbocycles. The number of benzene rings is 2. The zero-order chi connectivity index (χ0) is 25.0. The summed E-state index contributed by atoms with van der Waals surface area (Å²) in [6.45, 7) is 4.26. The van der Waals surface area contributed by atoms with Gasteiger partial charge in [0.05, 0.1) is 34.4 Å². The standard InChI is InChI=1S/C15H13N5O3.C7H8O3S/c1-9-6-10(20(21)22)2-3-14(9)19-15(17)12(7-16)11-4-5-23-8-13(11)18-19;1-6-2-4-7(5-3-6)11(8,9)10/h2-4,6H,5,8,17H2,1H3;2-5H,1H3,(H,8,9,10). The highest BCUT2D eigenvalue weighted by atomic mass is 32.2. The predicted octanol–water partition coefficient (Wildman–Crippen LogP) is 2.97. The molecular weight excluding hydrogens is 462 g/mol. The van der Waals surface area contributed by atoms with Crippen molar-refractivity contribution in [3.63, 3.8) is 0 Å². The van der Waals surface area contributed by atoms with Gasteiger partial charge in [0.25, 0.3) is 15.8 Å². The summed E-state index contributed by atoms with van der Waals surface area (Å²) in [5.41, 5.74) is 9.88. The van der Waals surface area contributed by atoms with Crippen LogP contribution in [0.1, 0.15) is 11.1 Å². The Hall–Kier alpha value is -4.05. The van der Waals surface area contributed by atoms with Crippen LogP contribution in [-0.2, 0) is 14.9 Å². The molecule has 11 nitrogen and oxygen atoms in total. The van der Waals surface area contributed by atoms with Gasteiger partial charge in [0.1, 0.15) is 17.5 Å². The molecule has 0 aromatic heterocycles. The van der Waals surface area contributed by atoms with Gasteiger partial charge in [-0.3, -0.25) is 14.7 Å². The van der Waals surface area contributed by atoms with E-state index in [4.69, 9.17) is 15.0 Å². The minimum atomic E-state index is -4.02. The third-order valence-corrected chi connectivity index (χ3v) is 5.85. The first kappa shape index (κ1) is 24.6. The Morgan fingerprint density at radius 3 is 2.47 bits per heavy atom. The van der Waals surface area contributed by atoms with Crippen LogP contribution in [0.25, 0.3) is 0 Å². The molecule has 0 spiro atoms. The topological polar surface area (TPSA) is 172 Å². The largest absolute Gasteiger partial charge is 0.383 e. The van der Waals surface area contributed by atoms with Crippen LogP contribution in [0.2, 0.25) is 0 Å². The molecule has 0 amide bonds. The maximum absolute atomic E-state index is 10.9. The number of anilines is 1. The number of non-ortho nitro benzene ring substituents is 1. The molecule has 176 valence electrons. The highest BCUT2D eigenvalue weighted by molar-refractivity contribution is 7.85. The van der Waals surface area contributed by atoms with Crippen LogP contribution in [0, 0.1) is 35.3 Å². The van der Waals surface area contributed by atoms with E-state index >= 15 is 0 Å². The normalized spacial score (nSPS) is 15.3. The minimum absolute atomic E-state index is 0.0134. The van der Waals surface area contributed by atoms with Crippen molar-refractivity contribution in [1.82, 2.24) is 0 Å². The van der Waals surface area contributed by atoms with Crippen molar-refractivity contribution in [3.8, 4) is 6.07 Å². The number of hydrogen-bond acceptors (Lipinski definition) is 9. The molecule has 34 heavy (non-hydrogen) atoms. The van der Waals surface area contributed by atoms with Crippen molar-refractivity contribution < 1.29 is 22.6 Å². The minimum Gasteiger partial charge on any atom is -0.383 e.